The van der Waals surface area contributed by atoms with Crippen molar-refractivity contribution in [1.29, 1.82) is 0 Å². The van der Waals surface area contributed by atoms with Gasteiger partial charge < -0.3 is 10.1 Å². The lowest BCUT2D eigenvalue weighted by atomic mass is 9.84. The lowest BCUT2D eigenvalue weighted by Gasteiger charge is -2.26. The number of hydrogen-bond donors (Lipinski definition) is 1. The highest BCUT2D eigenvalue weighted by Gasteiger charge is 2.30. The zero-order chi connectivity index (χ0) is 23.9. The molecule has 1 saturated heterocycles. The normalized spacial score (nSPS) is 16.0. The van der Waals surface area contributed by atoms with Gasteiger partial charge in [-0.2, -0.15) is 4.31 Å². The third-order valence-electron chi connectivity index (χ3n) is 5.91. The summed E-state index contributed by atoms with van der Waals surface area (Å²) in [4.78, 5) is 38.5. The molecule has 9 heteroatoms. The molecule has 1 aliphatic heterocycles. The van der Waals surface area contributed by atoms with Gasteiger partial charge in [0.15, 0.2) is 11.6 Å². The molecule has 5 rings (SSSR count). The van der Waals surface area contributed by atoms with Crippen LogP contribution < -0.4 is 5.32 Å². The number of morpholine rings is 1. The highest BCUT2D eigenvalue weighted by molar-refractivity contribution is 7.89. The molecule has 34 heavy (non-hydrogen) atoms. The molecule has 3 aromatic rings. The van der Waals surface area contributed by atoms with E-state index in [1.807, 2.05) is 0 Å². The van der Waals surface area contributed by atoms with E-state index < -0.39 is 15.9 Å². The summed E-state index contributed by atoms with van der Waals surface area (Å²) in [5.74, 6) is -0.982. The van der Waals surface area contributed by atoms with Gasteiger partial charge in [0.25, 0.3) is 5.91 Å². The fourth-order valence-electron chi connectivity index (χ4n) is 4.09. The van der Waals surface area contributed by atoms with Gasteiger partial charge >= 0.3 is 0 Å². The number of rotatable bonds is 4. The van der Waals surface area contributed by atoms with Gasteiger partial charge in [0, 0.05) is 46.6 Å². The number of sulfonamides is 1. The van der Waals surface area contributed by atoms with Gasteiger partial charge in [0.05, 0.1) is 18.1 Å². The Labute approximate surface area is 196 Å². The molecule has 0 bridgehead atoms. The summed E-state index contributed by atoms with van der Waals surface area (Å²) in [6.45, 7) is 1.27. The number of fused-ring (bicyclic) bond motifs is 2. The maximum absolute atomic E-state index is 12.9. The van der Waals surface area contributed by atoms with Crippen molar-refractivity contribution in [3.63, 3.8) is 0 Å². The summed E-state index contributed by atoms with van der Waals surface area (Å²) in [5, 5.41) is 2.71. The summed E-state index contributed by atoms with van der Waals surface area (Å²) in [6, 6.07) is 16.9. The lowest BCUT2D eigenvalue weighted by Crippen LogP contribution is -2.40. The summed E-state index contributed by atoms with van der Waals surface area (Å²) in [6.07, 6.45) is 0. The minimum atomic E-state index is -3.66. The molecular weight excluding hydrogens is 456 g/mol. The largest absolute Gasteiger partial charge is 0.379 e. The molecule has 0 aromatic heterocycles. The quantitative estimate of drug-likeness (QED) is 0.485. The van der Waals surface area contributed by atoms with E-state index in [0.717, 1.165) is 0 Å². The standard InChI is InChI=1S/C25H20N2O6S/c28-23-19-3-1-2-4-20(19)24(29)22-15-17(7-10-21(22)23)26-25(30)16-5-8-18(9-6-16)34(31,32)27-11-13-33-14-12-27/h1-10,15H,11-14H2,(H,26,30). The van der Waals surface area contributed by atoms with E-state index >= 15 is 0 Å². The number of nitrogens with zero attached hydrogens (tertiary/aromatic N) is 1. The second kappa shape index (κ2) is 8.60. The first kappa shape index (κ1) is 22.1. The molecule has 0 saturated carbocycles. The van der Waals surface area contributed by atoms with Gasteiger partial charge in [-0.25, -0.2) is 8.42 Å². The van der Waals surface area contributed by atoms with Crippen LogP contribution in [-0.2, 0) is 14.8 Å². The molecular formula is C25H20N2O6S. The Morgan fingerprint density at radius 3 is 2.03 bits per heavy atom. The monoisotopic (exact) mass is 476 g/mol. The average Bonchev–Trinajstić information content (AvgIpc) is 2.88. The number of anilines is 1. The molecule has 8 nitrogen and oxygen atoms in total. The molecule has 0 unspecified atom stereocenters. The van der Waals surface area contributed by atoms with Crippen LogP contribution >= 0.6 is 0 Å². The lowest BCUT2D eigenvalue weighted by molar-refractivity contribution is 0.0730. The van der Waals surface area contributed by atoms with Gasteiger partial charge in [-0.1, -0.05) is 24.3 Å². The minimum absolute atomic E-state index is 0.0995. The van der Waals surface area contributed by atoms with E-state index in [-0.39, 0.29) is 40.7 Å². The van der Waals surface area contributed by atoms with Crippen LogP contribution in [0.25, 0.3) is 0 Å². The first-order chi connectivity index (χ1) is 16.4. The van der Waals surface area contributed by atoms with Gasteiger partial charge in [-0.05, 0) is 42.5 Å². The Morgan fingerprint density at radius 2 is 1.38 bits per heavy atom. The number of nitrogens with one attached hydrogen (secondary N) is 1. The Kier molecular flexibility index (Phi) is 5.60. The Balaban J connectivity index is 1.35. The van der Waals surface area contributed by atoms with Crippen molar-refractivity contribution in [2.45, 2.75) is 4.90 Å². The predicted molar refractivity (Wildman–Crippen MR) is 124 cm³/mol. The van der Waals surface area contributed by atoms with E-state index in [9.17, 15) is 22.8 Å². The second-order valence-electron chi connectivity index (χ2n) is 7.96. The number of carbonyl (C=O) groups excluding carboxylic acids is 3. The van der Waals surface area contributed by atoms with Crippen LogP contribution in [0.2, 0.25) is 0 Å². The fourth-order valence-corrected chi connectivity index (χ4v) is 5.50. The molecule has 0 atom stereocenters. The van der Waals surface area contributed by atoms with Gasteiger partial charge in [-0.15, -0.1) is 0 Å². The molecule has 1 amide bonds. The molecule has 2 aliphatic rings. The smallest absolute Gasteiger partial charge is 0.255 e. The third-order valence-corrected chi connectivity index (χ3v) is 7.82. The average molecular weight is 477 g/mol. The Bertz CT molecular complexity index is 1420. The summed E-state index contributed by atoms with van der Waals surface area (Å²) in [5.41, 5.74) is 1.83. The summed E-state index contributed by atoms with van der Waals surface area (Å²) < 4.78 is 32.1. The number of benzene rings is 3. The van der Waals surface area contributed by atoms with Gasteiger partial charge in [0.2, 0.25) is 10.0 Å². The molecule has 0 radical (unpaired) electrons. The summed E-state index contributed by atoms with van der Waals surface area (Å²) >= 11 is 0. The molecule has 0 spiro atoms. The van der Waals surface area contributed by atoms with Crippen LogP contribution in [0.4, 0.5) is 5.69 Å². The van der Waals surface area contributed by atoms with Crippen molar-refractivity contribution in [2.24, 2.45) is 0 Å². The maximum Gasteiger partial charge on any atom is 0.255 e. The predicted octanol–water partition coefficient (Wildman–Crippen LogP) is 2.74. The number of ketones is 2. The topological polar surface area (TPSA) is 110 Å². The van der Waals surface area contributed by atoms with Crippen LogP contribution in [0.3, 0.4) is 0 Å². The van der Waals surface area contributed by atoms with E-state index in [2.05, 4.69) is 5.32 Å². The zero-order valence-corrected chi connectivity index (χ0v) is 18.8. The van der Waals surface area contributed by atoms with Gasteiger partial charge in [0.1, 0.15) is 0 Å². The van der Waals surface area contributed by atoms with E-state index in [1.165, 1.54) is 40.7 Å². The van der Waals surface area contributed by atoms with Crippen LogP contribution in [-0.4, -0.2) is 56.5 Å². The maximum atomic E-state index is 12.9. The first-order valence-corrected chi connectivity index (χ1v) is 12.1. The Morgan fingerprint density at radius 1 is 0.794 bits per heavy atom. The van der Waals surface area contributed by atoms with Crippen molar-refractivity contribution in [3.05, 3.63) is 94.5 Å². The molecule has 1 fully saturated rings. The van der Waals surface area contributed by atoms with Crippen molar-refractivity contribution < 1.29 is 27.5 Å². The zero-order valence-electron chi connectivity index (χ0n) is 18.0. The van der Waals surface area contributed by atoms with E-state index in [4.69, 9.17) is 4.74 Å². The van der Waals surface area contributed by atoms with Crippen LogP contribution in [0.5, 0.6) is 0 Å². The molecule has 1 N–H and O–H groups in total. The molecule has 1 aliphatic carbocycles. The minimum Gasteiger partial charge on any atom is -0.379 e. The van der Waals surface area contributed by atoms with Crippen LogP contribution in [0, 0.1) is 0 Å². The molecule has 172 valence electrons. The van der Waals surface area contributed by atoms with Crippen molar-refractivity contribution in [3.8, 4) is 0 Å². The van der Waals surface area contributed by atoms with E-state index in [0.29, 0.717) is 35.6 Å². The van der Waals surface area contributed by atoms with Crippen molar-refractivity contribution in [1.82, 2.24) is 4.31 Å². The molecule has 3 aromatic carbocycles. The fraction of sp³-hybridized carbons (Fsp3) is 0.160. The second-order valence-corrected chi connectivity index (χ2v) is 9.90. The Hall–Kier alpha value is -3.66. The number of amides is 1. The SMILES string of the molecule is O=C(Nc1ccc2c(c1)C(=O)c1ccccc1C2=O)c1ccc(S(=O)(=O)N2CCOCC2)cc1. The number of hydrogen-bond acceptors (Lipinski definition) is 6. The third kappa shape index (κ3) is 3.83. The number of carbonyl (C=O) groups is 3. The molecule has 1 heterocycles. The first-order valence-electron chi connectivity index (χ1n) is 10.7. The highest BCUT2D eigenvalue weighted by atomic mass is 32.2. The highest BCUT2D eigenvalue weighted by Crippen LogP contribution is 2.29. The van der Waals surface area contributed by atoms with Crippen LogP contribution in [0.15, 0.2) is 71.6 Å². The van der Waals surface area contributed by atoms with Crippen molar-refractivity contribution >= 4 is 33.2 Å². The summed E-state index contributed by atoms with van der Waals surface area (Å²) in [7, 11) is -3.66. The van der Waals surface area contributed by atoms with E-state index in [1.54, 1.807) is 30.3 Å². The van der Waals surface area contributed by atoms with Gasteiger partial charge in [-0.3, -0.25) is 14.4 Å². The number of ether oxygens (including phenoxy) is 1. The van der Waals surface area contributed by atoms with Crippen LogP contribution in [0.1, 0.15) is 42.2 Å². The van der Waals surface area contributed by atoms with Crippen molar-refractivity contribution in [2.75, 3.05) is 31.6 Å².